The fraction of sp³-hybridized carbons (Fsp3) is 0.0833. The molecule has 0 radical (unpaired) electrons. The molecule has 0 aromatic heterocycles. The molecule has 0 heterocycles. The third-order valence-corrected chi connectivity index (χ3v) is 1.69. The third kappa shape index (κ3) is 3.72. The molecular formula is C12H12O2. The van der Waals surface area contributed by atoms with Gasteiger partial charge in [0, 0.05) is 6.08 Å². The minimum absolute atomic E-state index is 0.723. The van der Waals surface area contributed by atoms with Crippen LogP contribution in [0, 0.1) is 0 Å². The van der Waals surface area contributed by atoms with E-state index in [0.717, 1.165) is 11.1 Å². The van der Waals surface area contributed by atoms with E-state index >= 15 is 0 Å². The molecule has 72 valence electrons. The van der Waals surface area contributed by atoms with Crippen LogP contribution in [0.15, 0.2) is 48.1 Å². The van der Waals surface area contributed by atoms with E-state index in [1.165, 1.54) is 6.08 Å². The Morgan fingerprint density at radius 1 is 1.29 bits per heavy atom. The van der Waals surface area contributed by atoms with Crippen molar-refractivity contribution in [2.75, 3.05) is 0 Å². The maximum Gasteiger partial charge on any atom is 0.328 e. The molecule has 14 heavy (non-hydrogen) atoms. The zero-order valence-electron chi connectivity index (χ0n) is 7.97. The molecule has 0 saturated heterocycles. The van der Waals surface area contributed by atoms with Gasteiger partial charge < -0.3 is 5.11 Å². The predicted molar refractivity (Wildman–Crippen MR) is 56.9 cm³/mol. The van der Waals surface area contributed by atoms with Crippen LogP contribution < -0.4 is 0 Å². The van der Waals surface area contributed by atoms with E-state index in [0.29, 0.717) is 0 Å². The van der Waals surface area contributed by atoms with E-state index in [4.69, 9.17) is 5.11 Å². The topological polar surface area (TPSA) is 37.3 Å². The SMILES string of the molecule is CC(C=Cc1ccccc1)=CC(=O)O. The van der Waals surface area contributed by atoms with Crippen LogP contribution in [0.3, 0.4) is 0 Å². The first-order valence-electron chi connectivity index (χ1n) is 4.33. The van der Waals surface area contributed by atoms with Gasteiger partial charge in [-0.2, -0.15) is 0 Å². The number of aliphatic carboxylic acids is 1. The van der Waals surface area contributed by atoms with E-state index in [-0.39, 0.29) is 0 Å². The highest BCUT2D eigenvalue weighted by molar-refractivity contribution is 5.81. The van der Waals surface area contributed by atoms with Gasteiger partial charge in [-0.15, -0.1) is 0 Å². The van der Waals surface area contributed by atoms with Crippen molar-refractivity contribution in [3.8, 4) is 0 Å². The first-order chi connectivity index (χ1) is 6.68. The van der Waals surface area contributed by atoms with Gasteiger partial charge in [0.05, 0.1) is 0 Å². The summed E-state index contributed by atoms with van der Waals surface area (Å²) in [6, 6.07) is 9.75. The fourth-order valence-corrected chi connectivity index (χ4v) is 1.03. The smallest absolute Gasteiger partial charge is 0.328 e. The van der Waals surface area contributed by atoms with Crippen LogP contribution in [0.25, 0.3) is 6.08 Å². The monoisotopic (exact) mass is 188 g/mol. The minimum atomic E-state index is -0.916. The number of allylic oxidation sites excluding steroid dienone is 2. The second-order valence-electron chi connectivity index (χ2n) is 2.97. The first-order valence-corrected chi connectivity index (χ1v) is 4.33. The van der Waals surface area contributed by atoms with E-state index in [9.17, 15) is 4.79 Å². The number of carboxylic acid groups (broad SMARTS) is 1. The summed E-state index contributed by atoms with van der Waals surface area (Å²) in [5, 5.41) is 8.47. The van der Waals surface area contributed by atoms with Crippen LogP contribution >= 0.6 is 0 Å². The van der Waals surface area contributed by atoms with Crippen molar-refractivity contribution in [3.63, 3.8) is 0 Å². The van der Waals surface area contributed by atoms with Gasteiger partial charge in [0.2, 0.25) is 0 Å². The lowest BCUT2D eigenvalue weighted by molar-refractivity contribution is -0.131. The van der Waals surface area contributed by atoms with E-state index < -0.39 is 5.97 Å². The number of hydrogen-bond acceptors (Lipinski definition) is 1. The zero-order valence-corrected chi connectivity index (χ0v) is 7.97. The molecule has 2 nitrogen and oxygen atoms in total. The molecule has 0 bridgehead atoms. The normalized spacial score (nSPS) is 11.9. The van der Waals surface area contributed by atoms with Gasteiger partial charge in [-0.3, -0.25) is 0 Å². The molecule has 0 saturated carbocycles. The van der Waals surface area contributed by atoms with Crippen molar-refractivity contribution in [2.45, 2.75) is 6.92 Å². The Bertz CT molecular complexity index is 361. The number of benzene rings is 1. The van der Waals surface area contributed by atoms with E-state index in [1.54, 1.807) is 13.0 Å². The summed E-state index contributed by atoms with van der Waals surface area (Å²) in [6.07, 6.45) is 4.84. The summed E-state index contributed by atoms with van der Waals surface area (Å²) in [5.74, 6) is -0.916. The molecule has 1 rings (SSSR count). The van der Waals surface area contributed by atoms with Crippen LogP contribution in [0.4, 0.5) is 0 Å². The van der Waals surface area contributed by atoms with Crippen molar-refractivity contribution in [1.82, 2.24) is 0 Å². The van der Waals surface area contributed by atoms with Crippen molar-refractivity contribution < 1.29 is 9.90 Å². The molecule has 2 heteroatoms. The van der Waals surface area contributed by atoms with Crippen LogP contribution in [0.2, 0.25) is 0 Å². The Morgan fingerprint density at radius 3 is 2.50 bits per heavy atom. The second kappa shape index (κ2) is 5.02. The Morgan fingerprint density at radius 2 is 1.93 bits per heavy atom. The standard InChI is InChI=1S/C12H12O2/c1-10(9-12(13)14)7-8-11-5-3-2-4-6-11/h2-9H,1H3,(H,13,14). The van der Waals surface area contributed by atoms with Crippen molar-refractivity contribution >= 4 is 12.0 Å². The zero-order chi connectivity index (χ0) is 10.4. The highest BCUT2D eigenvalue weighted by Crippen LogP contribution is 2.04. The molecule has 1 aromatic carbocycles. The first kappa shape index (κ1) is 10.3. The van der Waals surface area contributed by atoms with Crippen molar-refractivity contribution in [2.24, 2.45) is 0 Å². The number of hydrogen-bond donors (Lipinski definition) is 1. The Kier molecular flexibility index (Phi) is 3.68. The van der Waals surface area contributed by atoms with E-state index in [1.807, 2.05) is 36.4 Å². The van der Waals surface area contributed by atoms with Crippen LogP contribution in [-0.4, -0.2) is 11.1 Å². The number of carbonyl (C=O) groups is 1. The largest absolute Gasteiger partial charge is 0.478 e. The van der Waals surface area contributed by atoms with Gasteiger partial charge in [-0.1, -0.05) is 42.5 Å². The molecule has 0 atom stereocenters. The fourth-order valence-electron chi connectivity index (χ4n) is 1.03. The van der Waals surface area contributed by atoms with Gasteiger partial charge in [0.15, 0.2) is 0 Å². The maximum atomic E-state index is 10.3. The summed E-state index contributed by atoms with van der Waals surface area (Å²) in [4.78, 5) is 10.3. The molecule has 0 fully saturated rings. The highest BCUT2D eigenvalue weighted by atomic mass is 16.4. The summed E-state index contributed by atoms with van der Waals surface area (Å²) >= 11 is 0. The highest BCUT2D eigenvalue weighted by Gasteiger charge is 1.89. The van der Waals surface area contributed by atoms with Gasteiger partial charge in [0.25, 0.3) is 0 Å². The second-order valence-corrected chi connectivity index (χ2v) is 2.97. The lowest BCUT2D eigenvalue weighted by Gasteiger charge is -1.91. The molecule has 1 aromatic rings. The van der Waals surface area contributed by atoms with Gasteiger partial charge in [-0.25, -0.2) is 4.79 Å². The van der Waals surface area contributed by atoms with Crippen molar-refractivity contribution in [3.05, 3.63) is 53.6 Å². The number of rotatable bonds is 3. The van der Waals surface area contributed by atoms with Crippen LogP contribution in [0.1, 0.15) is 12.5 Å². The number of carboxylic acids is 1. The van der Waals surface area contributed by atoms with Crippen LogP contribution in [-0.2, 0) is 4.79 Å². The molecule has 0 aliphatic rings. The minimum Gasteiger partial charge on any atom is -0.478 e. The average Bonchev–Trinajstić information content (AvgIpc) is 2.15. The predicted octanol–water partition coefficient (Wildman–Crippen LogP) is 2.73. The summed E-state index contributed by atoms with van der Waals surface area (Å²) in [5.41, 5.74) is 1.78. The Labute approximate surface area is 83.2 Å². The maximum absolute atomic E-state index is 10.3. The lowest BCUT2D eigenvalue weighted by atomic mass is 10.2. The van der Waals surface area contributed by atoms with Gasteiger partial charge >= 0.3 is 5.97 Å². The molecule has 0 aliphatic carbocycles. The van der Waals surface area contributed by atoms with Crippen LogP contribution in [0.5, 0.6) is 0 Å². The molecule has 0 spiro atoms. The Hall–Kier alpha value is -1.83. The summed E-state index contributed by atoms with van der Waals surface area (Å²) in [6.45, 7) is 1.76. The third-order valence-electron chi connectivity index (χ3n) is 1.69. The average molecular weight is 188 g/mol. The molecule has 0 unspecified atom stereocenters. The quantitative estimate of drug-likeness (QED) is 0.585. The molecule has 0 amide bonds. The summed E-state index contributed by atoms with van der Waals surface area (Å²) in [7, 11) is 0. The van der Waals surface area contributed by atoms with Crippen molar-refractivity contribution in [1.29, 1.82) is 0 Å². The molecular weight excluding hydrogens is 176 g/mol. The lowest BCUT2D eigenvalue weighted by Crippen LogP contribution is -1.87. The van der Waals surface area contributed by atoms with Gasteiger partial charge in [-0.05, 0) is 18.1 Å². The molecule has 0 aliphatic heterocycles. The Balaban J connectivity index is 2.70. The van der Waals surface area contributed by atoms with E-state index in [2.05, 4.69) is 0 Å². The summed E-state index contributed by atoms with van der Waals surface area (Å²) < 4.78 is 0. The van der Waals surface area contributed by atoms with Gasteiger partial charge in [0.1, 0.15) is 0 Å². The molecule has 1 N–H and O–H groups in total.